The maximum atomic E-state index is 13.9. The number of carbonyl (C=O) groups excluding carboxylic acids is 2. The number of carbonyl (C=O) groups is 2. The van der Waals surface area contributed by atoms with Crippen LogP contribution in [-0.4, -0.2) is 78.3 Å². The van der Waals surface area contributed by atoms with Crippen LogP contribution in [0.1, 0.15) is 68.8 Å². The lowest BCUT2D eigenvalue weighted by molar-refractivity contribution is -0.133. The number of halogens is 2. The van der Waals surface area contributed by atoms with Crippen molar-refractivity contribution >= 4 is 62.1 Å². The quantitative estimate of drug-likeness (QED) is 0.266. The van der Waals surface area contributed by atoms with Gasteiger partial charge in [0.1, 0.15) is 0 Å². The van der Waals surface area contributed by atoms with Gasteiger partial charge < -0.3 is 19.7 Å². The Labute approximate surface area is 280 Å². The zero-order valence-electron chi connectivity index (χ0n) is 26.3. The number of ether oxygens (including phenoxy) is 2. The van der Waals surface area contributed by atoms with Crippen LogP contribution in [-0.2, 0) is 20.7 Å². The van der Waals surface area contributed by atoms with Crippen molar-refractivity contribution in [1.82, 2.24) is 9.80 Å². The van der Waals surface area contributed by atoms with Crippen LogP contribution >= 0.6 is 34.5 Å². The molecule has 2 aromatic carbocycles. The van der Waals surface area contributed by atoms with Gasteiger partial charge in [-0.25, -0.2) is 0 Å². The van der Waals surface area contributed by atoms with E-state index in [9.17, 15) is 9.59 Å². The van der Waals surface area contributed by atoms with Gasteiger partial charge in [0.15, 0.2) is 0 Å². The molecule has 1 aliphatic carbocycles. The van der Waals surface area contributed by atoms with E-state index in [1.54, 1.807) is 12.1 Å². The molecule has 10 heteroatoms. The summed E-state index contributed by atoms with van der Waals surface area (Å²) in [5.74, 6) is 0.521. The number of likely N-dealkylation sites (tertiary alicyclic amines) is 1. The Balaban J connectivity index is 1.14. The summed E-state index contributed by atoms with van der Waals surface area (Å²) in [4.78, 5) is 31.6. The van der Waals surface area contributed by atoms with Crippen molar-refractivity contribution in [3.05, 3.63) is 63.0 Å². The zero-order valence-corrected chi connectivity index (χ0v) is 28.6. The van der Waals surface area contributed by atoms with Crippen LogP contribution < -0.4 is 5.32 Å². The molecule has 6 rings (SSSR count). The summed E-state index contributed by atoms with van der Waals surface area (Å²) in [6, 6.07) is 11.4. The molecule has 1 saturated carbocycles. The summed E-state index contributed by atoms with van der Waals surface area (Å²) in [6.07, 6.45) is 6.17. The zero-order chi connectivity index (χ0) is 31.7. The summed E-state index contributed by atoms with van der Waals surface area (Å²) in [6.45, 7) is 9.47. The largest absolute Gasteiger partial charge is 0.376 e. The number of amides is 2. The first kappa shape index (κ1) is 32.7. The van der Waals surface area contributed by atoms with E-state index in [4.69, 9.17) is 32.7 Å². The third-order valence-electron chi connectivity index (χ3n) is 9.62. The number of nitrogens with zero attached hydrogens (tertiary/aromatic N) is 2. The van der Waals surface area contributed by atoms with Crippen LogP contribution in [0, 0.1) is 5.92 Å². The van der Waals surface area contributed by atoms with E-state index in [1.807, 2.05) is 34.5 Å². The molecule has 45 heavy (non-hydrogen) atoms. The van der Waals surface area contributed by atoms with Gasteiger partial charge >= 0.3 is 0 Å². The van der Waals surface area contributed by atoms with Crippen molar-refractivity contribution in [1.29, 1.82) is 0 Å². The molecule has 3 heterocycles. The molecule has 2 saturated heterocycles. The number of morpholine rings is 1. The fraction of sp³-hybridized carbons (Fsp3) is 0.543. The SMILES string of the molecule is C[C@@H]1CN([C@H]2C[C@@H](CO[C@H]3CC[C@H](C)CC3)N(C(=O)Cc3cc(Cl)c(NC(=O)c4csc5ccccc45)cc3Cl)C2)C[C@H](C)O1. The molecule has 0 bridgehead atoms. The van der Waals surface area contributed by atoms with Gasteiger partial charge in [-0.1, -0.05) is 48.3 Å². The Hall–Kier alpha value is -2.20. The van der Waals surface area contributed by atoms with Gasteiger partial charge in [0.25, 0.3) is 5.91 Å². The van der Waals surface area contributed by atoms with Crippen molar-refractivity contribution in [2.24, 2.45) is 5.92 Å². The van der Waals surface area contributed by atoms with Crippen LogP contribution in [0.4, 0.5) is 5.69 Å². The van der Waals surface area contributed by atoms with E-state index in [1.165, 1.54) is 24.2 Å². The minimum absolute atomic E-state index is 0.00329. The van der Waals surface area contributed by atoms with Gasteiger partial charge in [-0.2, -0.15) is 0 Å². The Morgan fingerprint density at radius 2 is 1.73 bits per heavy atom. The van der Waals surface area contributed by atoms with Crippen LogP contribution in [0.2, 0.25) is 10.0 Å². The lowest BCUT2D eigenvalue weighted by Gasteiger charge is -2.38. The second-order valence-corrected chi connectivity index (χ2v) is 14.9. The van der Waals surface area contributed by atoms with E-state index in [0.29, 0.717) is 40.0 Å². The molecular formula is C35H43Cl2N3O4S. The Morgan fingerprint density at radius 1 is 1.00 bits per heavy atom. The summed E-state index contributed by atoms with van der Waals surface area (Å²) < 4.78 is 13.5. The second kappa shape index (κ2) is 14.3. The fourth-order valence-corrected chi connectivity index (χ4v) is 8.61. The average molecular weight is 673 g/mol. The first-order chi connectivity index (χ1) is 21.6. The minimum Gasteiger partial charge on any atom is -0.376 e. The average Bonchev–Trinajstić information content (AvgIpc) is 3.64. The van der Waals surface area contributed by atoms with Gasteiger partial charge in [0.2, 0.25) is 5.91 Å². The molecule has 0 unspecified atom stereocenters. The third kappa shape index (κ3) is 7.69. The lowest BCUT2D eigenvalue weighted by Crippen LogP contribution is -2.51. The number of thiophene rings is 1. The summed E-state index contributed by atoms with van der Waals surface area (Å²) in [7, 11) is 0. The van der Waals surface area contributed by atoms with Crippen LogP contribution in [0.3, 0.4) is 0 Å². The van der Waals surface area contributed by atoms with E-state index in [2.05, 4.69) is 31.0 Å². The van der Waals surface area contributed by atoms with Crippen molar-refractivity contribution < 1.29 is 19.1 Å². The van der Waals surface area contributed by atoms with E-state index >= 15 is 0 Å². The molecule has 0 spiro atoms. The molecule has 3 aromatic rings. The fourth-order valence-electron chi connectivity index (χ4n) is 7.21. The molecule has 3 aliphatic rings. The summed E-state index contributed by atoms with van der Waals surface area (Å²) in [5, 5.41) is 6.39. The molecule has 7 nitrogen and oxygen atoms in total. The number of benzene rings is 2. The molecule has 1 N–H and O–H groups in total. The van der Waals surface area contributed by atoms with Crippen LogP contribution in [0.5, 0.6) is 0 Å². The number of anilines is 1. The number of nitrogens with one attached hydrogen (secondary N) is 1. The highest BCUT2D eigenvalue weighted by molar-refractivity contribution is 7.17. The van der Waals surface area contributed by atoms with E-state index < -0.39 is 0 Å². The van der Waals surface area contributed by atoms with E-state index in [0.717, 1.165) is 48.4 Å². The predicted octanol–water partition coefficient (Wildman–Crippen LogP) is 7.68. The Kier molecular flexibility index (Phi) is 10.4. The Morgan fingerprint density at radius 3 is 2.49 bits per heavy atom. The summed E-state index contributed by atoms with van der Waals surface area (Å²) >= 11 is 14.9. The topological polar surface area (TPSA) is 71.1 Å². The number of hydrogen-bond acceptors (Lipinski definition) is 6. The van der Waals surface area contributed by atoms with E-state index in [-0.39, 0.29) is 48.6 Å². The highest BCUT2D eigenvalue weighted by Crippen LogP contribution is 2.34. The van der Waals surface area contributed by atoms with Crippen LogP contribution in [0.15, 0.2) is 41.8 Å². The highest BCUT2D eigenvalue weighted by atomic mass is 35.5. The van der Waals surface area contributed by atoms with Gasteiger partial charge in [-0.15, -0.1) is 11.3 Å². The molecule has 0 radical (unpaired) electrons. The maximum Gasteiger partial charge on any atom is 0.257 e. The number of hydrogen-bond donors (Lipinski definition) is 1. The third-order valence-corrected chi connectivity index (χ3v) is 11.2. The van der Waals surface area contributed by atoms with Gasteiger partial charge in [0.05, 0.1) is 53.7 Å². The molecule has 1 aromatic heterocycles. The Bertz CT molecular complexity index is 1510. The van der Waals surface area contributed by atoms with Gasteiger partial charge in [-0.05, 0) is 75.6 Å². The summed E-state index contributed by atoms with van der Waals surface area (Å²) in [5.41, 5.74) is 1.65. The first-order valence-corrected chi connectivity index (χ1v) is 17.8. The molecule has 4 atom stereocenters. The number of rotatable bonds is 8. The van der Waals surface area contributed by atoms with Crippen molar-refractivity contribution in [3.8, 4) is 0 Å². The second-order valence-electron chi connectivity index (χ2n) is 13.2. The van der Waals surface area contributed by atoms with Gasteiger partial charge in [0, 0.05) is 46.2 Å². The molecule has 242 valence electrons. The normalized spacial score (nSPS) is 27.6. The molecular weight excluding hydrogens is 629 g/mol. The van der Waals surface area contributed by atoms with Gasteiger partial charge in [-0.3, -0.25) is 14.5 Å². The van der Waals surface area contributed by atoms with Crippen molar-refractivity contribution in [3.63, 3.8) is 0 Å². The first-order valence-electron chi connectivity index (χ1n) is 16.2. The molecule has 2 amide bonds. The predicted molar refractivity (Wildman–Crippen MR) is 183 cm³/mol. The lowest BCUT2D eigenvalue weighted by atomic mass is 9.89. The van der Waals surface area contributed by atoms with Crippen molar-refractivity contribution in [2.45, 2.75) is 89.7 Å². The molecule has 3 fully saturated rings. The standard InChI is InChI=1S/C35H43Cl2N3O4S/c1-21-8-10-27(11-9-21)43-19-26-14-25(39-16-22(2)44-23(3)17-39)18-40(26)34(41)13-24-12-31(37)32(15-30(24)36)38-35(42)29-20-45-33-7-5-4-6-28(29)33/h4-7,12,15,20-23,25-27H,8-11,13-14,16-19H2,1-3H3,(H,38,42)/t21-,22-,23+,25-,26-,27-/m0/s1. The maximum absolute atomic E-state index is 13.9. The minimum atomic E-state index is -0.251. The van der Waals surface area contributed by atoms with Crippen LogP contribution in [0.25, 0.3) is 10.1 Å². The number of fused-ring (bicyclic) bond motifs is 1. The highest BCUT2D eigenvalue weighted by Gasteiger charge is 2.40. The molecule has 2 aliphatic heterocycles. The van der Waals surface area contributed by atoms with Crippen molar-refractivity contribution in [2.75, 3.05) is 31.6 Å². The monoisotopic (exact) mass is 671 g/mol. The smallest absolute Gasteiger partial charge is 0.257 e.